The van der Waals surface area contributed by atoms with E-state index in [1.165, 1.54) is 6.07 Å². The quantitative estimate of drug-likeness (QED) is 0.405. The average Bonchev–Trinajstić information content (AvgIpc) is 2.78. The summed E-state index contributed by atoms with van der Waals surface area (Å²) in [5.41, 5.74) is 0.304. The van der Waals surface area contributed by atoms with E-state index in [0.717, 1.165) is 38.3 Å². The first-order chi connectivity index (χ1) is 16.5. The van der Waals surface area contributed by atoms with Crippen LogP contribution in [-0.2, 0) is 9.53 Å². The van der Waals surface area contributed by atoms with Gasteiger partial charge in [-0.1, -0.05) is 31.4 Å². The minimum Gasteiger partial charge on any atom is -0.618 e. The minimum absolute atomic E-state index is 0.0105. The molecule has 0 bridgehead atoms. The topological polar surface area (TPSA) is 94.4 Å². The summed E-state index contributed by atoms with van der Waals surface area (Å²) in [6, 6.07) is 7.08. The number of aromatic nitrogens is 1. The number of carbonyl (C=O) groups is 2. The van der Waals surface area contributed by atoms with Crippen molar-refractivity contribution in [2.45, 2.75) is 77.9 Å². The molecule has 0 aliphatic heterocycles. The van der Waals surface area contributed by atoms with Crippen LogP contribution in [0.25, 0.3) is 11.1 Å². The van der Waals surface area contributed by atoms with Crippen LogP contribution in [0.1, 0.15) is 70.6 Å². The van der Waals surface area contributed by atoms with Crippen LogP contribution in [-0.4, -0.2) is 23.6 Å². The van der Waals surface area contributed by atoms with Crippen molar-refractivity contribution in [2.24, 2.45) is 5.92 Å². The molecule has 0 radical (unpaired) electrons. The molecule has 2 amide bonds. The molecule has 2 N–H and O–H groups in total. The van der Waals surface area contributed by atoms with Crippen LogP contribution in [0, 0.1) is 18.0 Å². The molecule has 1 aromatic heterocycles. The number of anilines is 1. The Bertz CT molecular complexity index is 1050. The highest BCUT2D eigenvalue weighted by Crippen LogP contribution is 2.32. The number of alkyl carbamates (subject to hydrolysis) is 1. The van der Waals surface area contributed by atoms with Crippen molar-refractivity contribution in [3.63, 3.8) is 0 Å². The third-order valence-corrected chi connectivity index (χ3v) is 6.07. The van der Waals surface area contributed by atoms with E-state index in [0.29, 0.717) is 16.8 Å². The lowest BCUT2D eigenvalue weighted by Crippen LogP contribution is -2.50. The molecule has 1 heterocycles. The van der Waals surface area contributed by atoms with Crippen molar-refractivity contribution in [2.75, 3.05) is 5.32 Å². The SMILES string of the molecule is Cc1cc[n+]([O-])c(C(F)F)c1-c1ccc(NC(=O)[C@@H](NC(=O)OC(C)(C)C)C2CCCCC2)cc1. The maximum atomic E-state index is 13.6. The van der Waals surface area contributed by atoms with Gasteiger partial charge in [-0.05, 0) is 69.7 Å². The predicted octanol–water partition coefficient (Wildman–Crippen LogP) is 5.65. The highest BCUT2D eigenvalue weighted by molar-refractivity contribution is 5.97. The van der Waals surface area contributed by atoms with Crippen LogP contribution in [0.4, 0.5) is 19.3 Å². The Morgan fingerprint density at radius 3 is 2.29 bits per heavy atom. The van der Waals surface area contributed by atoms with Gasteiger partial charge in [0.25, 0.3) is 5.69 Å². The number of pyridine rings is 1. The summed E-state index contributed by atoms with van der Waals surface area (Å²) >= 11 is 0. The molecule has 1 aliphatic rings. The zero-order valence-corrected chi connectivity index (χ0v) is 20.6. The predicted molar refractivity (Wildman–Crippen MR) is 129 cm³/mol. The monoisotopic (exact) mass is 489 g/mol. The van der Waals surface area contributed by atoms with Gasteiger partial charge in [-0.15, -0.1) is 0 Å². The molecule has 3 rings (SSSR count). The molecule has 1 saturated carbocycles. The number of hydrogen-bond acceptors (Lipinski definition) is 4. The van der Waals surface area contributed by atoms with Crippen molar-refractivity contribution in [3.05, 3.63) is 53.0 Å². The minimum atomic E-state index is -2.93. The summed E-state index contributed by atoms with van der Waals surface area (Å²) in [5.74, 6) is -0.374. The van der Waals surface area contributed by atoms with Gasteiger partial charge in [0, 0.05) is 11.8 Å². The average molecular weight is 490 g/mol. The lowest BCUT2D eigenvalue weighted by atomic mass is 9.83. The van der Waals surface area contributed by atoms with Gasteiger partial charge < -0.3 is 20.6 Å². The fraction of sp³-hybridized carbons (Fsp3) is 0.500. The second kappa shape index (κ2) is 11.0. The summed E-state index contributed by atoms with van der Waals surface area (Å²) in [4.78, 5) is 25.6. The van der Waals surface area contributed by atoms with Crippen LogP contribution >= 0.6 is 0 Å². The molecule has 35 heavy (non-hydrogen) atoms. The molecule has 0 saturated heterocycles. The third kappa shape index (κ3) is 6.90. The lowest BCUT2D eigenvalue weighted by Gasteiger charge is -2.31. The number of nitrogens with zero attached hydrogens (tertiary/aromatic N) is 1. The van der Waals surface area contributed by atoms with Gasteiger partial charge in [0.15, 0.2) is 6.20 Å². The Morgan fingerprint density at radius 2 is 1.71 bits per heavy atom. The van der Waals surface area contributed by atoms with Gasteiger partial charge in [0.05, 0.1) is 5.56 Å². The van der Waals surface area contributed by atoms with Crippen LogP contribution in [0.3, 0.4) is 0 Å². The molecule has 2 aromatic rings. The number of halogens is 2. The first-order valence-corrected chi connectivity index (χ1v) is 11.9. The van der Waals surface area contributed by atoms with Crippen molar-refractivity contribution < 1.29 is 27.8 Å². The Labute approximate surface area is 204 Å². The molecule has 1 aromatic carbocycles. The molecule has 1 fully saturated rings. The number of ether oxygens (including phenoxy) is 1. The van der Waals surface area contributed by atoms with E-state index >= 15 is 0 Å². The molecule has 9 heteroatoms. The maximum Gasteiger partial charge on any atom is 0.408 e. The van der Waals surface area contributed by atoms with E-state index < -0.39 is 29.9 Å². The van der Waals surface area contributed by atoms with Crippen molar-refractivity contribution in [1.82, 2.24) is 5.32 Å². The molecule has 7 nitrogen and oxygen atoms in total. The van der Waals surface area contributed by atoms with Crippen LogP contribution in [0.15, 0.2) is 36.5 Å². The summed E-state index contributed by atoms with van der Waals surface area (Å²) in [7, 11) is 0. The molecule has 1 atom stereocenters. The number of nitrogens with one attached hydrogen (secondary N) is 2. The molecule has 0 unspecified atom stereocenters. The van der Waals surface area contributed by atoms with Gasteiger partial charge >= 0.3 is 12.5 Å². The number of benzene rings is 1. The number of rotatable bonds is 6. The Hall–Kier alpha value is -3.23. The van der Waals surface area contributed by atoms with E-state index in [4.69, 9.17) is 4.74 Å². The molecule has 1 aliphatic carbocycles. The second-order valence-electron chi connectivity index (χ2n) is 9.97. The van der Waals surface area contributed by atoms with Crippen LogP contribution in [0.5, 0.6) is 0 Å². The first-order valence-electron chi connectivity index (χ1n) is 11.9. The number of aryl methyl sites for hydroxylation is 1. The van der Waals surface area contributed by atoms with Gasteiger partial charge in [-0.2, -0.15) is 13.5 Å². The van der Waals surface area contributed by atoms with Gasteiger partial charge in [-0.25, -0.2) is 4.79 Å². The Kier molecular flexibility index (Phi) is 8.30. The van der Waals surface area contributed by atoms with Gasteiger partial charge in [0.1, 0.15) is 11.6 Å². The summed E-state index contributed by atoms with van der Waals surface area (Å²) < 4.78 is 32.6. The van der Waals surface area contributed by atoms with E-state index in [2.05, 4.69) is 10.6 Å². The molecular weight excluding hydrogens is 456 g/mol. The standard InChI is InChI=1S/C26H33F2N3O4/c1-16-14-15-31(34)22(23(27)28)20(16)17-10-12-19(13-11-17)29-24(32)21(18-8-6-5-7-9-18)30-25(33)35-26(2,3)4/h10-15,18,21,23H,5-9H2,1-4H3,(H,29,32)(H,30,33)/t21-/m0/s1. The van der Waals surface area contributed by atoms with Crippen LogP contribution in [0.2, 0.25) is 0 Å². The molecule has 0 spiro atoms. The normalized spacial score (nSPS) is 15.5. The maximum absolute atomic E-state index is 13.6. The summed E-state index contributed by atoms with van der Waals surface area (Å²) in [6.45, 7) is 6.93. The molecule has 190 valence electrons. The van der Waals surface area contributed by atoms with E-state index in [1.54, 1.807) is 52.0 Å². The smallest absolute Gasteiger partial charge is 0.408 e. The highest BCUT2D eigenvalue weighted by atomic mass is 19.3. The zero-order valence-electron chi connectivity index (χ0n) is 20.6. The number of amides is 2. The third-order valence-electron chi connectivity index (χ3n) is 6.07. The number of hydrogen-bond donors (Lipinski definition) is 2. The van der Waals surface area contributed by atoms with Crippen molar-refractivity contribution in [3.8, 4) is 11.1 Å². The Morgan fingerprint density at radius 1 is 1.09 bits per heavy atom. The lowest BCUT2D eigenvalue weighted by molar-refractivity contribution is -0.619. The Balaban J connectivity index is 1.80. The van der Waals surface area contributed by atoms with Crippen molar-refractivity contribution >= 4 is 17.7 Å². The fourth-order valence-corrected chi connectivity index (χ4v) is 4.48. The largest absolute Gasteiger partial charge is 0.618 e. The van der Waals surface area contributed by atoms with Crippen molar-refractivity contribution in [1.29, 1.82) is 0 Å². The van der Waals surface area contributed by atoms with Crippen LogP contribution < -0.4 is 15.4 Å². The second-order valence-corrected chi connectivity index (χ2v) is 9.97. The van der Waals surface area contributed by atoms with Gasteiger partial charge in [-0.3, -0.25) is 4.79 Å². The summed E-state index contributed by atoms with van der Waals surface area (Å²) in [6.07, 6.45) is 2.21. The number of alkyl halides is 2. The molecular formula is C26H33F2N3O4. The first kappa shape index (κ1) is 26.4. The highest BCUT2D eigenvalue weighted by Gasteiger charge is 2.32. The van der Waals surface area contributed by atoms with E-state index in [-0.39, 0.29) is 22.1 Å². The summed E-state index contributed by atoms with van der Waals surface area (Å²) in [5, 5.41) is 17.5. The number of carbonyl (C=O) groups excluding carboxylic acids is 2. The zero-order chi connectivity index (χ0) is 25.8. The van der Waals surface area contributed by atoms with E-state index in [9.17, 15) is 23.6 Å². The van der Waals surface area contributed by atoms with E-state index in [1.807, 2.05) is 0 Å². The van der Waals surface area contributed by atoms with Gasteiger partial charge in [0.2, 0.25) is 5.91 Å². The fourth-order valence-electron chi connectivity index (χ4n) is 4.48.